The van der Waals surface area contributed by atoms with Gasteiger partial charge in [-0.15, -0.1) is 0 Å². The van der Waals surface area contributed by atoms with Gasteiger partial charge < -0.3 is 4.98 Å². The molecule has 0 saturated heterocycles. The van der Waals surface area contributed by atoms with Crippen molar-refractivity contribution in [2.45, 2.75) is 24.3 Å². The predicted octanol–water partition coefficient (Wildman–Crippen LogP) is 6.42. The van der Waals surface area contributed by atoms with Gasteiger partial charge in [0.05, 0.1) is 27.1 Å². The highest BCUT2D eigenvalue weighted by Gasteiger charge is 2.37. The Hall–Kier alpha value is -5.14. The zero-order valence-electron chi connectivity index (χ0n) is 23.6. The topological polar surface area (TPSA) is 155 Å². The Morgan fingerprint density at radius 3 is 2.44 bits per heavy atom. The lowest BCUT2D eigenvalue weighted by molar-refractivity contribution is -0.384. The number of urea groups is 1. The van der Waals surface area contributed by atoms with Crippen LogP contribution >= 0.6 is 15.9 Å². The normalized spacial score (nSPS) is 14.8. The lowest BCUT2D eigenvalue weighted by Crippen LogP contribution is -2.40. The fourth-order valence-electron chi connectivity index (χ4n) is 5.34. The molecule has 6 rings (SSSR count). The number of carbonyl (C=O) groups is 1. The van der Waals surface area contributed by atoms with Gasteiger partial charge in [-0.05, 0) is 48.4 Å². The minimum Gasteiger partial charge on any atom is -0.321 e. The molecule has 2 N–H and O–H groups in total. The van der Waals surface area contributed by atoms with Gasteiger partial charge in [-0.25, -0.2) is 22.9 Å². The molecule has 0 aliphatic carbocycles. The molecule has 13 heteroatoms. The number of aromatic nitrogens is 1. The molecule has 45 heavy (non-hydrogen) atoms. The summed E-state index contributed by atoms with van der Waals surface area (Å²) in [5.74, 6) is 0. The van der Waals surface area contributed by atoms with E-state index in [-0.39, 0.29) is 28.3 Å². The second-order valence-electron chi connectivity index (χ2n) is 10.4. The van der Waals surface area contributed by atoms with Crippen molar-refractivity contribution in [1.29, 1.82) is 0 Å². The van der Waals surface area contributed by atoms with Gasteiger partial charge in [0.2, 0.25) is 0 Å². The van der Waals surface area contributed by atoms with E-state index in [1.165, 1.54) is 30.3 Å². The number of carbonyl (C=O) groups excluding carboxylic acids is 1. The standard InChI is InChI=1S/C32H24BrN5O6S/c1-19-10-13-24(14-11-19)45(43,44)36-32(40)37-28(21-8-5-9-23(16-21)38(41)42)18-27(35-37)30-29(20-6-3-2-4-7-20)25-17-22(33)12-15-26(25)34-31(30)39/h2-17,28H,18H2,1H3,(H,34,39)(H,36,40)/t28-/m0/s1. The van der Waals surface area contributed by atoms with E-state index in [1.54, 1.807) is 37.3 Å². The van der Waals surface area contributed by atoms with E-state index < -0.39 is 32.6 Å². The number of hydrogen-bond donors (Lipinski definition) is 2. The number of non-ortho nitro benzene ring substituents is 1. The van der Waals surface area contributed by atoms with Crippen molar-refractivity contribution in [3.63, 3.8) is 0 Å². The molecular formula is C32H24BrN5O6S. The fraction of sp³-hybridized carbons (Fsp3) is 0.0938. The smallest absolute Gasteiger partial charge is 0.321 e. The van der Waals surface area contributed by atoms with E-state index in [0.717, 1.165) is 20.6 Å². The van der Waals surface area contributed by atoms with Crippen LogP contribution < -0.4 is 10.3 Å². The molecule has 0 spiro atoms. The Labute approximate surface area is 265 Å². The maximum atomic E-state index is 13.8. The Kier molecular flexibility index (Phi) is 7.81. The van der Waals surface area contributed by atoms with Crippen molar-refractivity contribution >= 4 is 54.3 Å². The Balaban J connectivity index is 1.51. The highest BCUT2D eigenvalue weighted by atomic mass is 79.9. The third-order valence-corrected chi connectivity index (χ3v) is 9.29. The molecule has 2 amide bonds. The minimum absolute atomic E-state index is 0.0262. The summed E-state index contributed by atoms with van der Waals surface area (Å²) in [6, 6.07) is 24.3. The first-order chi connectivity index (χ1) is 21.5. The summed E-state index contributed by atoms with van der Waals surface area (Å²) in [7, 11) is -4.31. The number of sulfonamides is 1. The molecule has 0 bridgehead atoms. The van der Waals surface area contributed by atoms with E-state index >= 15 is 0 Å². The SMILES string of the molecule is Cc1ccc(S(=O)(=O)NC(=O)N2N=C(c3c(-c4ccccc4)c4cc(Br)ccc4[nH]c3=O)C[C@H]2c2cccc([N+](=O)[O-])c2)cc1. The quantitative estimate of drug-likeness (QED) is 0.155. The van der Waals surface area contributed by atoms with Crippen LogP contribution in [0.15, 0.2) is 116 Å². The maximum absolute atomic E-state index is 13.8. The van der Waals surface area contributed by atoms with Gasteiger partial charge in [-0.1, -0.05) is 76.1 Å². The molecule has 226 valence electrons. The average molecular weight is 687 g/mol. The van der Waals surface area contributed by atoms with E-state index in [0.29, 0.717) is 22.0 Å². The van der Waals surface area contributed by atoms with E-state index in [4.69, 9.17) is 0 Å². The van der Waals surface area contributed by atoms with Crippen molar-refractivity contribution in [3.8, 4) is 11.1 Å². The Morgan fingerprint density at radius 2 is 1.73 bits per heavy atom. The number of nitro groups is 1. The van der Waals surface area contributed by atoms with Crippen LogP contribution in [-0.4, -0.2) is 35.1 Å². The highest BCUT2D eigenvalue weighted by Crippen LogP contribution is 2.38. The minimum atomic E-state index is -4.31. The fourth-order valence-corrected chi connectivity index (χ4v) is 6.63. The third kappa shape index (κ3) is 5.87. The Morgan fingerprint density at radius 1 is 1.00 bits per heavy atom. The summed E-state index contributed by atoms with van der Waals surface area (Å²) < 4.78 is 29.2. The number of aromatic amines is 1. The van der Waals surface area contributed by atoms with Crippen molar-refractivity contribution < 1.29 is 18.1 Å². The van der Waals surface area contributed by atoms with Crippen molar-refractivity contribution in [3.05, 3.63) is 139 Å². The van der Waals surface area contributed by atoms with Crippen LogP contribution in [-0.2, 0) is 10.0 Å². The lowest BCUT2D eigenvalue weighted by atomic mass is 9.91. The number of amides is 2. The summed E-state index contributed by atoms with van der Waals surface area (Å²) in [6.07, 6.45) is -0.0262. The summed E-state index contributed by atoms with van der Waals surface area (Å²) in [6.45, 7) is 1.80. The van der Waals surface area contributed by atoms with Crippen molar-refractivity contribution in [2.75, 3.05) is 0 Å². The van der Waals surface area contributed by atoms with Gasteiger partial charge in [0, 0.05) is 39.5 Å². The van der Waals surface area contributed by atoms with Crippen LogP contribution in [0.25, 0.3) is 22.0 Å². The Bertz CT molecular complexity index is 2180. The van der Waals surface area contributed by atoms with Gasteiger partial charge in [-0.3, -0.25) is 14.9 Å². The van der Waals surface area contributed by atoms with Crippen LogP contribution in [0.1, 0.15) is 29.2 Å². The van der Waals surface area contributed by atoms with Crippen LogP contribution in [0.3, 0.4) is 0 Å². The highest BCUT2D eigenvalue weighted by molar-refractivity contribution is 9.10. The number of nitro benzene ring substituents is 1. The van der Waals surface area contributed by atoms with Gasteiger partial charge >= 0.3 is 6.03 Å². The van der Waals surface area contributed by atoms with Crippen LogP contribution in [0, 0.1) is 17.0 Å². The number of benzene rings is 4. The van der Waals surface area contributed by atoms with Gasteiger partial charge in [-0.2, -0.15) is 5.10 Å². The van der Waals surface area contributed by atoms with Crippen molar-refractivity contribution in [1.82, 2.24) is 14.7 Å². The second kappa shape index (κ2) is 11.7. The summed E-state index contributed by atoms with van der Waals surface area (Å²) in [5.41, 5.74) is 2.77. The molecule has 11 nitrogen and oxygen atoms in total. The number of pyridine rings is 1. The maximum Gasteiger partial charge on any atom is 0.352 e. The van der Waals surface area contributed by atoms with Gasteiger partial charge in [0.25, 0.3) is 21.3 Å². The predicted molar refractivity (Wildman–Crippen MR) is 173 cm³/mol. The second-order valence-corrected chi connectivity index (χ2v) is 13.0. The number of nitrogens with zero attached hydrogens (tertiary/aromatic N) is 3. The first kappa shape index (κ1) is 29.9. The van der Waals surface area contributed by atoms with E-state index in [2.05, 4.69) is 30.7 Å². The van der Waals surface area contributed by atoms with Crippen LogP contribution in [0.5, 0.6) is 0 Å². The van der Waals surface area contributed by atoms with E-state index in [9.17, 15) is 28.1 Å². The molecule has 5 aromatic rings. The molecular weight excluding hydrogens is 662 g/mol. The number of halogens is 1. The largest absolute Gasteiger partial charge is 0.352 e. The molecule has 1 aliphatic rings. The summed E-state index contributed by atoms with van der Waals surface area (Å²) >= 11 is 3.51. The lowest BCUT2D eigenvalue weighted by Gasteiger charge is -2.22. The monoisotopic (exact) mass is 685 g/mol. The molecule has 0 unspecified atom stereocenters. The molecule has 4 aromatic carbocycles. The molecule has 0 saturated carbocycles. The molecule has 2 heterocycles. The number of aryl methyl sites for hydroxylation is 1. The first-order valence-electron chi connectivity index (χ1n) is 13.7. The molecule has 1 atom stereocenters. The number of nitrogens with one attached hydrogen (secondary N) is 2. The van der Waals surface area contributed by atoms with Gasteiger partial charge in [0.1, 0.15) is 0 Å². The molecule has 1 aliphatic heterocycles. The number of rotatable bonds is 6. The molecule has 1 aromatic heterocycles. The van der Waals surface area contributed by atoms with Crippen molar-refractivity contribution in [2.24, 2.45) is 5.10 Å². The first-order valence-corrected chi connectivity index (χ1v) is 16.0. The van der Waals surface area contributed by atoms with E-state index in [1.807, 2.05) is 36.4 Å². The molecule has 0 fully saturated rings. The average Bonchev–Trinajstić information content (AvgIpc) is 3.46. The zero-order chi connectivity index (χ0) is 31.9. The van der Waals surface area contributed by atoms with Crippen LogP contribution in [0.4, 0.5) is 10.5 Å². The third-order valence-electron chi connectivity index (χ3n) is 7.46. The summed E-state index contributed by atoms with van der Waals surface area (Å²) in [4.78, 5) is 41.2. The number of fused-ring (bicyclic) bond motifs is 1. The summed E-state index contributed by atoms with van der Waals surface area (Å²) in [5, 5.41) is 17.8. The number of hydrogen-bond acceptors (Lipinski definition) is 7. The molecule has 0 radical (unpaired) electrons. The zero-order valence-corrected chi connectivity index (χ0v) is 26.0. The number of hydrazone groups is 1. The number of H-pyrrole nitrogens is 1. The van der Waals surface area contributed by atoms with Gasteiger partial charge in [0.15, 0.2) is 0 Å². The van der Waals surface area contributed by atoms with Crippen LogP contribution in [0.2, 0.25) is 0 Å².